The number of phenolic OH excluding ortho intramolecular Hbond substituents is 1. The van der Waals surface area contributed by atoms with Crippen LogP contribution in [-0.4, -0.2) is 34.9 Å². The van der Waals surface area contributed by atoms with Crippen LogP contribution in [-0.2, 0) is 17.6 Å². The third-order valence-electron chi connectivity index (χ3n) is 5.11. The number of phenols is 1. The number of nitrogens with zero attached hydrogens (tertiary/aromatic N) is 1. The SMILES string of the molecule is CCCc1c(OCCCCC(=O)NCCCCc2cccnc2)ccc(C(C)=O)c1O. The van der Waals surface area contributed by atoms with E-state index in [2.05, 4.69) is 16.4 Å². The van der Waals surface area contributed by atoms with Crippen molar-refractivity contribution >= 4 is 11.7 Å². The van der Waals surface area contributed by atoms with Gasteiger partial charge in [-0.05, 0) is 69.2 Å². The predicted octanol–water partition coefficient (Wildman–Crippen LogP) is 4.63. The number of pyridine rings is 1. The van der Waals surface area contributed by atoms with E-state index in [0.29, 0.717) is 42.9 Å². The van der Waals surface area contributed by atoms with E-state index in [9.17, 15) is 14.7 Å². The Morgan fingerprint density at radius 2 is 1.94 bits per heavy atom. The Hall–Kier alpha value is -2.89. The van der Waals surface area contributed by atoms with Gasteiger partial charge in [-0.2, -0.15) is 0 Å². The van der Waals surface area contributed by atoms with Gasteiger partial charge in [0.1, 0.15) is 11.5 Å². The fourth-order valence-electron chi connectivity index (χ4n) is 3.41. The van der Waals surface area contributed by atoms with Crippen LogP contribution in [0.2, 0.25) is 0 Å². The highest BCUT2D eigenvalue weighted by Crippen LogP contribution is 2.33. The summed E-state index contributed by atoms with van der Waals surface area (Å²) < 4.78 is 5.83. The van der Waals surface area contributed by atoms with Crippen LogP contribution >= 0.6 is 0 Å². The normalized spacial score (nSPS) is 10.6. The molecule has 0 bridgehead atoms. The van der Waals surface area contributed by atoms with Gasteiger partial charge in [0, 0.05) is 30.9 Å². The number of carbonyl (C=O) groups is 2. The van der Waals surface area contributed by atoms with Crippen molar-refractivity contribution in [2.24, 2.45) is 0 Å². The Kier molecular flexibility index (Phi) is 10.6. The molecular weight excluding hydrogens is 392 g/mol. The second-order valence-corrected chi connectivity index (χ2v) is 7.72. The largest absolute Gasteiger partial charge is 0.507 e. The highest BCUT2D eigenvalue weighted by Gasteiger charge is 2.15. The highest BCUT2D eigenvalue weighted by atomic mass is 16.5. The lowest BCUT2D eigenvalue weighted by atomic mass is 10.0. The van der Waals surface area contributed by atoms with E-state index in [-0.39, 0.29) is 17.4 Å². The fraction of sp³-hybridized carbons (Fsp3) is 0.480. The van der Waals surface area contributed by atoms with E-state index >= 15 is 0 Å². The number of aromatic hydroxyl groups is 1. The monoisotopic (exact) mass is 426 g/mol. The molecule has 0 saturated heterocycles. The van der Waals surface area contributed by atoms with Crippen molar-refractivity contribution in [3.63, 3.8) is 0 Å². The standard InChI is InChI=1S/C25H34N2O4/c1-3-9-22-23(14-13-21(19(2)28)25(22)30)31-17-7-5-12-24(29)27-16-6-4-10-20-11-8-15-26-18-20/h8,11,13-15,18,30H,3-7,9-10,12,16-17H2,1-2H3,(H,27,29). The lowest BCUT2D eigenvalue weighted by molar-refractivity contribution is -0.121. The minimum Gasteiger partial charge on any atom is -0.507 e. The van der Waals surface area contributed by atoms with Crippen molar-refractivity contribution in [1.82, 2.24) is 10.3 Å². The molecule has 0 spiro atoms. The highest BCUT2D eigenvalue weighted by molar-refractivity contribution is 5.97. The number of aromatic nitrogens is 1. The van der Waals surface area contributed by atoms with Gasteiger partial charge >= 0.3 is 0 Å². The molecule has 1 aromatic carbocycles. The summed E-state index contributed by atoms with van der Waals surface area (Å²) in [4.78, 5) is 27.7. The first-order chi connectivity index (χ1) is 15.0. The van der Waals surface area contributed by atoms with E-state index in [0.717, 1.165) is 38.5 Å². The second kappa shape index (κ2) is 13.4. The van der Waals surface area contributed by atoms with Crippen molar-refractivity contribution in [3.05, 3.63) is 53.3 Å². The number of hydrogen-bond acceptors (Lipinski definition) is 5. The Morgan fingerprint density at radius 1 is 1.10 bits per heavy atom. The summed E-state index contributed by atoms with van der Waals surface area (Å²) in [5.74, 6) is 0.540. The van der Waals surface area contributed by atoms with Crippen LogP contribution in [0, 0.1) is 0 Å². The first-order valence-corrected chi connectivity index (χ1v) is 11.2. The number of ketones is 1. The summed E-state index contributed by atoms with van der Waals surface area (Å²) in [5.41, 5.74) is 2.23. The van der Waals surface area contributed by atoms with E-state index in [4.69, 9.17) is 4.74 Å². The van der Waals surface area contributed by atoms with Gasteiger partial charge in [0.05, 0.1) is 12.2 Å². The van der Waals surface area contributed by atoms with Gasteiger partial charge in [0.25, 0.3) is 0 Å². The van der Waals surface area contributed by atoms with Gasteiger partial charge in [-0.3, -0.25) is 14.6 Å². The molecule has 31 heavy (non-hydrogen) atoms. The number of amides is 1. The molecule has 1 heterocycles. The summed E-state index contributed by atoms with van der Waals surface area (Å²) in [6.07, 6.45) is 10.0. The van der Waals surface area contributed by atoms with Crippen molar-refractivity contribution in [2.75, 3.05) is 13.2 Å². The third-order valence-corrected chi connectivity index (χ3v) is 5.11. The maximum Gasteiger partial charge on any atom is 0.219 e. The molecule has 0 aliphatic carbocycles. The molecule has 168 valence electrons. The van der Waals surface area contributed by atoms with Crippen LogP contribution in [0.1, 0.15) is 73.9 Å². The zero-order valence-electron chi connectivity index (χ0n) is 18.7. The zero-order valence-corrected chi connectivity index (χ0v) is 18.7. The number of aryl methyl sites for hydroxylation is 1. The summed E-state index contributed by atoms with van der Waals surface area (Å²) in [6.45, 7) is 4.62. The molecule has 2 N–H and O–H groups in total. The van der Waals surface area contributed by atoms with Gasteiger partial charge in [-0.15, -0.1) is 0 Å². The smallest absolute Gasteiger partial charge is 0.219 e. The van der Waals surface area contributed by atoms with Crippen LogP contribution in [0.5, 0.6) is 11.5 Å². The van der Waals surface area contributed by atoms with Gasteiger partial charge in [-0.1, -0.05) is 19.4 Å². The van der Waals surface area contributed by atoms with E-state index in [1.807, 2.05) is 19.2 Å². The molecule has 0 radical (unpaired) electrons. The lowest BCUT2D eigenvalue weighted by Gasteiger charge is -2.14. The number of unbranched alkanes of at least 4 members (excludes halogenated alkanes) is 2. The molecule has 0 atom stereocenters. The quantitative estimate of drug-likeness (QED) is 0.340. The number of hydrogen-bond donors (Lipinski definition) is 2. The fourth-order valence-corrected chi connectivity index (χ4v) is 3.41. The zero-order chi connectivity index (χ0) is 22.5. The molecule has 2 aromatic rings. The number of ether oxygens (including phenoxy) is 1. The Morgan fingerprint density at radius 3 is 2.65 bits per heavy atom. The first kappa shape index (κ1) is 24.4. The maximum absolute atomic E-state index is 12.0. The third kappa shape index (κ3) is 8.40. The van der Waals surface area contributed by atoms with Crippen molar-refractivity contribution < 1.29 is 19.4 Å². The molecule has 1 amide bonds. The van der Waals surface area contributed by atoms with Gasteiger partial charge in [0.15, 0.2) is 5.78 Å². The molecule has 6 nitrogen and oxygen atoms in total. The molecular formula is C25H34N2O4. The van der Waals surface area contributed by atoms with Gasteiger partial charge in [-0.25, -0.2) is 0 Å². The van der Waals surface area contributed by atoms with Crippen molar-refractivity contribution in [2.45, 2.75) is 65.2 Å². The number of benzene rings is 1. The van der Waals surface area contributed by atoms with Crippen LogP contribution < -0.4 is 10.1 Å². The van der Waals surface area contributed by atoms with Gasteiger partial charge in [0.2, 0.25) is 5.91 Å². The predicted molar refractivity (Wildman–Crippen MR) is 122 cm³/mol. The maximum atomic E-state index is 12.0. The average Bonchev–Trinajstić information content (AvgIpc) is 2.76. The van der Waals surface area contributed by atoms with Crippen LogP contribution in [0.15, 0.2) is 36.7 Å². The van der Waals surface area contributed by atoms with Gasteiger partial charge < -0.3 is 15.2 Å². The number of carbonyl (C=O) groups excluding carboxylic acids is 2. The number of nitrogens with one attached hydrogen (secondary N) is 1. The Labute approximate surface area is 185 Å². The van der Waals surface area contributed by atoms with Crippen LogP contribution in [0.3, 0.4) is 0 Å². The summed E-state index contributed by atoms with van der Waals surface area (Å²) in [5, 5.41) is 13.3. The topological polar surface area (TPSA) is 88.5 Å². The minimum atomic E-state index is -0.163. The van der Waals surface area contributed by atoms with E-state index < -0.39 is 0 Å². The lowest BCUT2D eigenvalue weighted by Crippen LogP contribution is -2.24. The summed E-state index contributed by atoms with van der Waals surface area (Å²) >= 11 is 0. The number of rotatable bonds is 14. The van der Waals surface area contributed by atoms with E-state index in [1.54, 1.807) is 18.3 Å². The molecule has 0 fully saturated rings. The molecule has 0 unspecified atom stereocenters. The molecule has 0 aliphatic heterocycles. The minimum absolute atomic E-state index is 0.0229. The molecule has 2 rings (SSSR count). The van der Waals surface area contributed by atoms with E-state index in [1.165, 1.54) is 12.5 Å². The molecule has 0 aliphatic rings. The second-order valence-electron chi connectivity index (χ2n) is 7.72. The molecule has 6 heteroatoms. The number of Topliss-reactive ketones (excluding diaryl/α,β-unsaturated/α-hetero) is 1. The van der Waals surface area contributed by atoms with Crippen LogP contribution in [0.25, 0.3) is 0 Å². The Bertz CT molecular complexity index is 837. The summed E-state index contributed by atoms with van der Waals surface area (Å²) in [7, 11) is 0. The molecule has 1 aromatic heterocycles. The average molecular weight is 427 g/mol. The molecule has 0 saturated carbocycles. The van der Waals surface area contributed by atoms with Crippen molar-refractivity contribution in [1.29, 1.82) is 0 Å². The Balaban J connectivity index is 1.62. The van der Waals surface area contributed by atoms with Crippen LogP contribution in [0.4, 0.5) is 0 Å². The summed E-state index contributed by atoms with van der Waals surface area (Å²) in [6, 6.07) is 7.36. The van der Waals surface area contributed by atoms with Crippen molar-refractivity contribution in [3.8, 4) is 11.5 Å². The first-order valence-electron chi connectivity index (χ1n) is 11.2.